The van der Waals surface area contributed by atoms with Crippen LogP contribution >= 0.6 is 0 Å². The molecule has 132 valence electrons. The van der Waals surface area contributed by atoms with E-state index < -0.39 is 34.5 Å². The van der Waals surface area contributed by atoms with Crippen molar-refractivity contribution in [3.63, 3.8) is 0 Å². The molecule has 0 aliphatic heterocycles. The second-order valence-electron chi connectivity index (χ2n) is 7.70. The fourth-order valence-corrected chi connectivity index (χ4v) is 12.8. The maximum atomic E-state index is 3.69. The molecule has 0 unspecified atom stereocenters. The van der Waals surface area contributed by atoms with Gasteiger partial charge in [0, 0.05) is 0 Å². The first-order chi connectivity index (χ1) is 10.8. The van der Waals surface area contributed by atoms with E-state index in [1.54, 1.807) is 0 Å². The van der Waals surface area contributed by atoms with Gasteiger partial charge in [0.15, 0.2) is 0 Å². The van der Waals surface area contributed by atoms with Crippen LogP contribution in [0.15, 0.2) is 0 Å². The Morgan fingerprint density at radius 1 is 0.565 bits per heavy atom. The summed E-state index contributed by atoms with van der Waals surface area (Å²) in [5.41, 5.74) is 0. The van der Waals surface area contributed by atoms with Crippen LogP contribution in [0, 0.1) is 19.7 Å². The van der Waals surface area contributed by atoms with Crippen molar-refractivity contribution in [2.45, 2.75) is 99.8 Å². The average molecular weight is 455 g/mol. The van der Waals surface area contributed by atoms with E-state index in [2.05, 4.69) is 71.1 Å². The number of hydrogen-bond acceptors (Lipinski definition) is 0. The molecule has 0 radical (unpaired) electrons. The van der Waals surface area contributed by atoms with Gasteiger partial charge in [-0.05, 0) is 0 Å². The molecule has 0 amide bonds. The normalized spacial score (nSPS) is 12.2. The van der Waals surface area contributed by atoms with Gasteiger partial charge >= 0.3 is 154 Å². The third kappa shape index (κ3) is 7.85. The van der Waals surface area contributed by atoms with Crippen molar-refractivity contribution in [3.8, 4) is 19.7 Å². The third-order valence-corrected chi connectivity index (χ3v) is 21.7. The van der Waals surface area contributed by atoms with E-state index in [1.807, 2.05) is 0 Å². The first kappa shape index (κ1) is 23.4. The maximum absolute atomic E-state index is 3.69. The van der Waals surface area contributed by atoms with Gasteiger partial charge in [0.1, 0.15) is 0 Å². The first-order valence-electron chi connectivity index (χ1n) is 9.78. The molecule has 0 aliphatic rings. The molecular weight excluding hydrogens is 415 g/mol. The molecule has 0 fully saturated rings. The summed E-state index contributed by atoms with van der Waals surface area (Å²) in [5.74, 6) is 7.25. The van der Waals surface area contributed by atoms with Gasteiger partial charge in [0.25, 0.3) is 0 Å². The minimum absolute atomic E-state index is 1.08. The Hall–Kier alpha value is 0.352. The predicted molar refractivity (Wildman–Crippen MR) is 117 cm³/mol. The van der Waals surface area contributed by atoms with E-state index in [-0.39, 0.29) is 0 Å². The summed E-state index contributed by atoms with van der Waals surface area (Å²) < 4.78 is 7.39. The van der Waals surface area contributed by atoms with E-state index in [0.29, 0.717) is 0 Å². The van der Waals surface area contributed by atoms with Crippen LogP contribution in [0.5, 0.6) is 0 Å². The SMILES string of the molecule is CC[Si](CC)(CC)CC#[C][Sn]([CH3])([CH3])[C]#CC[Si](CC)(CC)CC. The van der Waals surface area contributed by atoms with Gasteiger partial charge in [-0.25, -0.2) is 0 Å². The van der Waals surface area contributed by atoms with Crippen molar-refractivity contribution in [2.24, 2.45) is 0 Å². The van der Waals surface area contributed by atoms with E-state index in [9.17, 15) is 0 Å². The molecule has 0 aromatic rings. The van der Waals surface area contributed by atoms with Crippen molar-refractivity contribution >= 4 is 34.5 Å². The molecule has 0 saturated heterocycles. The van der Waals surface area contributed by atoms with Crippen LogP contribution < -0.4 is 0 Å². The minimum atomic E-state index is -2.43. The summed E-state index contributed by atoms with van der Waals surface area (Å²) in [6.45, 7) is 14.2. The molecule has 3 heteroatoms. The molecule has 0 saturated carbocycles. The Morgan fingerprint density at radius 2 is 0.826 bits per heavy atom. The van der Waals surface area contributed by atoms with E-state index >= 15 is 0 Å². The molecule has 0 N–H and O–H groups in total. The van der Waals surface area contributed by atoms with E-state index in [1.165, 1.54) is 48.4 Å². The van der Waals surface area contributed by atoms with Gasteiger partial charge in [-0.1, -0.05) is 0 Å². The predicted octanol–water partition coefficient (Wildman–Crippen LogP) is 6.80. The summed E-state index contributed by atoms with van der Waals surface area (Å²) in [5, 5.41) is 0. The van der Waals surface area contributed by atoms with Gasteiger partial charge < -0.3 is 0 Å². The molecule has 23 heavy (non-hydrogen) atoms. The van der Waals surface area contributed by atoms with Gasteiger partial charge in [-0.2, -0.15) is 0 Å². The third-order valence-electron chi connectivity index (χ3n) is 6.23. The molecule has 0 nitrogen and oxygen atoms in total. The summed E-state index contributed by atoms with van der Waals surface area (Å²) in [6.07, 6.45) is 0. The van der Waals surface area contributed by atoms with Crippen molar-refractivity contribution < 1.29 is 0 Å². The summed E-state index contributed by atoms with van der Waals surface area (Å²) in [4.78, 5) is 4.80. The molecule has 0 aliphatic carbocycles. The fraction of sp³-hybridized carbons (Fsp3) is 0.800. The summed E-state index contributed by atoms with van der Waals surface area (Å²) in [7, 11) is -2.15. The second-order valence-corrected chi connectivity index (χ2v) is 29.4. The molecule has 0 spiro atoms. The Bertz CT molecular complexity index is 393. The van der Waals surface area contributed by atoms with Crippen molar-refractivity contribution in [1.82, 2.24) is 0 Å². The Labute approximate surface area is 153 Å². The summed E-state index contributed by atoms with van der Waals surface area (Å²) in [6, 6.07) is 10.7. The van der Waals surface area contributed by atoms with Crippen LogP contribution in [-0.4, -0.2) is 34.5 Å². The monoisotopic (exact) mass is 456 g/mol. The van der Waals surface area contributed by atoms with Crippen molar-refractivity contribution in [3.05, 3.63) is 0 Å². The second kappa shape index (κ2) is 11.1. The molecule has 0 aromatic carbocycles. The zero-order chi connectivity index (χ0) is 18.0. The first-order valence-corrected chi connectivity index (χ1v) is 24.0. The van der Waals surface area contributed by atoms with Crippen LogP contribution in [0.4, 0.5) is 0 Å². The van der Waals surface area contributed by atoms with E-state index in [0.717, 1.165) is 0 Å². The van der Waals surface area contributed by atoms with Gasteiger partial charge in [0.2, 0.25) is 0 Å². The summed E-state index contributed by atoms with van der Waals surface area (Å²) >= 11 is -2.43. The number of hydrogen-bond donors (Lipinski definition) is 0. The Kier molecular flexibility index (Phi) is 11.2. The zero-order valence-corrected chi connectivity index (χ0v) is 22.0. The van der Waals surface area contributed by atoms with Gasteiger partial charge in [-0.3, -0.25) is 0 Å². The topological polar surface area (TPSA) is 0 Å². The molecule has 0 atom stereocenters. The van der Waals surface area contributed by atoms with Gasteiger partial charge in [0.05, 0.1) is 0 Å². The van der Waals surface area contributed by atoms with Crippen LogP contribution in [0.25, 0.3) is 0 Å². The van der Waals surface area contributed by atoms with Crippen molar-refractivity contribution in [1.29, 1.82) is 0 Å². The van der Waals surface area contributed by atoms with E-state index in [4.69, 9.17) is 0 Å². The fourth-order valence-electron chi connectivity index (χ4n) is 3.19. The molecule has 0 rings (SSSR count). The quantitative estimate of drug-likeness (QED) is 0.279. The van der Waals surface area contributed by atoms with Crippen LogP contribution in [-0.2, 0) is 0 Å². The van der Waals surface area contributed by atoms with Crippen molar-refractivity contribution in [2.75, 3.05) is 0 Å². The molecule has 0 heterocycles. The van der Waals surface area contributed by atoms with Crippen LogP contribution in [0.1, 0.15) is 41.5 Å². The molecule has 0 bridgehead atoms. The van der Waals surface area contributed by atoms with Gasteiger partial charge in [-0.15, -0.1) is 0 Å². The zero-order valence-electron chi connectivity index (χ0n) is 17.2. The average Bonchev–Trinajstić information content (AvgIpc) is 2.56. The Morgan fingerprint density at radius 3 is 1.04 bits per heavy atom. The number of rotatable bonds is 8. The standard InChI is InChI=1S/2C9H17Si.2CH3.Sn/c2*1-5-9-10(6-2,7-3)8-4;;;/h2*6-9H2,2-4H3;2*1H3;. The molecular formula is C20H40Si2Sn. The van der Waals surface area contributed by atoms with Crippen LogP contribution in [0.3, 0.4) is 0 Å². The molecule has 0 aromatic heterocycles. The Balaban J connectivity index is 4.93. The van der Waals surface area contributed by atoms with Crippen LogP contribution in [0.2, 0.25) is 58.2 Å².